The molecule has 0 radical (unpaired) electrons. The van der Waals surface area contributed by atoms with Gasteiger partial charge in [-0.25, -0.2) is 4.39 Å². The molecule has 0 saturated carbocycles. The van der Waals surface area contributed by atoms with Crippen molar-refractivity contribution in [1.29, 1.82) is 0 Å². The molecule has 1 heterocycles. The summed E-state index contributed by atoms with van der Waals surface area (Å²) in [6.07, 6.45) is 3.37. The van der Waals surface area contributed by atoms with E-state index in [2.05, 4.69) is 4.98 Å². The Balaban J connectivity index is 2.04. The number of pyridine rings is 1. The molecule has 1 aromatic heterocycles. The molecule has 0 aliphatic heterocycles. The van der Waals surface area contributed by atoms with Gasteiger partial charge in [-0.15, -0.1) is 11.6 Å². The lowest BCUT2D eigenvalue weighted by Gasteiger charge is -2.07. The largest absolute Gasteiger partial charge is 0.486 e. The smallest absolute Gasteiger partial charge is 0.165 e. The molecular formula is C13H11ClFNO. The summed E-state index contributed by atoms with van der Waals surface area (Å²) in [6.45, 7) is 0.297. The minimum Gasteiger partial charge on any atom is -0.486 e. The van der Waals surface area contributed by atoms with Crippen molar-refractivity contribution in [3.63, 3.8) is 0 Å². The maximum absolute atomic E-state index is 13.5. The van der Waals surface area contributed by atoms with Gasteiger partial charge < -0.3 is 4.74 Å². The highest BCUT2D eigenvalue weighted by Crippen LogP contribution is 2.20. The zero-order chi connectivity index (χ0) is 12.1. The zero-order valence-corrected chi connectivity index (χ0v) is 9.82. The molecular weight excluding hydrogens is 241 g/mol. The maximum Gasteiger partial charge on any atom is 0.165 e. The number of nitrogens with zero attached hydrogens (tertiary/aromatic N) is 1. The fourth-order valence-corrected chi connectivity index (χ4v) is 1.56. The van der Waals surface area contributed by atoms with Crippen LogP contribution in [0.25, 0.3) is 0 Å². The molecule has 4 heteroatoms. The van der Waals surface area contributed by atoms with Crippen LogP contribution in [0.2, 0.25) is 0 Å². The second-order valence-electron chi connectivity index (χ2n) is 3.55. The van der Waals surface area contributed by atoms with Crippen molar-refractivity contribution in [3.8, 4) is 5.75 Å². The predicted molar refractivity (Wildman–Crippen MR) is 64.5 cm³/mol. The first kappa shape index (κ1) is 11.9. The minimum absolute atomic E-state index is 0.225. The third-order valence-corrected chi connectivity index (χ3v) is 2.58. The van der Waals surface area contributed by atoms with E-state index in [9.17, 15) is 4.39 Å². The lowest BCUT2D eigenvalue weighted by Crippen LogP contribution is -1.98. The summed E-state index contributed by atoms with van der Waals surface area (Å²) >= 11 is 5.61. The van der Waals surface area contributed by atoms with Crippen molar-refractivity contribution >= 4 is 11.6 Å². The third-order valence-electron chi connectivity index (χ3n) is 2.27. The third kappa shape index (κ3) is 3.17. The second-order valence-corrected chi connectivity index (χ2v) is 3.82. The molecule has 0 fully saturated rings. The molecule has 0 bridgehead atoms. The molecule has 0 unspecified atom stereocenters. The number of benzene rings is 1. The van der Waals surface area contributed by atoms with Gasteiger partial charge in [-0.05, 0) is 23.8 Å². The molecule has 0 N–H and O–H groups in total. The van der Waals surface area contributed by atoms with E-state index in [-0.39, 0.29) is 5.75 Å². The van der Waals surface area contributed by atoms with Gasteiger partial charge >= 0.3 is 0 Å². The van der Waals surface area contributed by atoms with Crippen molar-refractivity contribution in [2.75, 3.05) is 0 Å². The van der Waals surface area contributed by atoms with E-state index in [1.807, 2.05) is 12.1 Å². The van der Waals surface area contributed by atoms with E-state index >= 15 is 0 Å². The quantitative estimate of drug-likeness (QED) is 0.776. The molecule has 0 saturated heterocycles. The highest BCUT2D eigenvalue weighted by atomic mass is 35.5. The predicted octanol–water partition coefficient (Wildman–Crippen LogP) is 3.54. The number of alkyl halides is 1. The zero-order valence-electron chi connectivity index (χ0n) is 9.07. The van der Waals surface area contributed by atoms with Crippen LogP contribution < -0.4 is 4.74 Å². The van der Waals surface area contributed by atoms with Crippen LogP contribution >= 0.6 is 11.6 Å². The molecule has 2 nitrogen and oxygen atoms in total. The molecule has 0 spiro atoms. The Morgan fingerprint density at radius 1 is 1.24 bits per heavy atom. The second kappa shape index (κ2) is 5.64. The molecule has 0 atom stereocenters. The van der Waals surface area contributed by atoms with Crippen LogP contribution in [-0.4, -0.2) is 4.98 Å². The van der Waals surface area contributed by atoms with E-state index in [0.29, 0.717) is 12.5 Å². The first-order valence-corrected chi connectivity index (χ1v) is 5.69. The maximum atomic E-state index is 13.5. The SMILES string of the molecule is Fc1cc(CCl)ccc1OCc1cccnc1. The highest BCUT2D eigenvalue weighted by Gasteiger charge is 2.04. The van der Waals surface area contributed by atoms with E-state index in [0.717, 1.165) is 11.1 Å². The van der Waals surface area contributed by atoms with Gasteiger partial charge in [0, 0.05) is 23.8 Å². The van der Waals surface area contributed by atoms with Gasteiger partial charge in [0.05, 0.1) is 0 Å². The molecule has 0 aliphatic carbocycles. The van der Waals surface area contributed by atoms with Crippen LogP contribution in [0.5, 0.6) is 5.75 Å². The lowest BCUT2D eigenvalue weighted by molar-refractivity contribution is 0.290. The fourth-order valence-electron chi connectivity index (χ4n) is 1.39. The van der Waals surface area contributed by atoms with Gasteiger partial charge in [0.2, 0.25) is 0 Å². The van der Waals surface area contributed by atoms with Gasteiger partial charge in [-0.3, -0.25) is 4.98 Å². The van der Waals surface area contributed by atoms with Crippen LogP contribution in [-0.2, 0) is 12.5 Å². The van der Waals surface area contributed by atoms with Crippen molar-refractivity contribution in [3.05, 3.63) is 59.7 Å². The monoisotopic (exact) mass is 251 g/mol. The standard InChI is InChI=1S/C13H11ClFNO/c14-7-10-3-4-13(12(15)6-10)17-9-11-2-1-5-16-8-11/h1-6,8H,7,9H2. The Bertz CT molecular complexity index is 490. The van der Waals surface area contributed by atoms with Gasteiger partial charge in [-0.2, -0.15) is 0 Å². The Hall–Kier alpha value is -1.61. The summed E-state index contributed by atoms with van der Waals surface area (Å²) in [5, 5.41) is 0. The normalized spacial score (nSPS) is 10.2. The number of hydrogen-bond donors (Lipinski definition) is 0. The van der Waals surface area contributed by atoms with Crippen LogP contribution in [0.15, 0.2) is 42.7 Å². The summed E-state index contributed by atoms with van der Waals surface area (Å²) in [5.41, 5.74) is 1.63. The Morgan fingerprint density at radius 2 is 2.12 bits per heavy atom. The number of hydrogen-bond acceptors (Lipinski definition) is 2. The fraction of sp³-hybridized carbons (Fsp3) is 0.154. The molecule has 88 valence electrons. The van der Waals surface area contributed by atoms with Gasteiger partial charge in [-0.1, -0.05) is 12.1 Å². The number of rotatable bonds is 4. The molecule has 0 aliphatic rings. The number of ether oxygens (including phenoxy) is 1. The molecule has 2 rings (SSSR count). The first-order chi connectivity index (χ1) is 8.29. The average molecular weight is 252 g/mol. The summed E-state index contributed by atoms with van der Waals surface area (Å²) < 4.78 is 18.9. The minimum atomic E-state index is -0.396. The first-order valence-electron chi connectivity index (χ1n) is 5.15. The Morgan fingerprint density at radius 3 is 2.76 bits per heavy atom. The lowest BCUT2D eigenvalue weighted by atomic mass is 10.2. The molecule has 0 amide bonds. The number of aromatic nitrogens is 1. The van der Waals surface area contributed by atoms with Crippen LogP contribution in [0.4, 0.5) is 4.39 Å². The van der Waals surface area contributed by atoms with Crippen molar-refractivity contribution in [2.45, 2.75) is 12.5 Å². The van der Waals surface area contributed by atoms with Crippen LogP contribution in [0, 0.1) is 5.82 Å². The topological polar surface area (TPSA) is 22.1 Å². The average Bonchev–Trinajstić information content (AvgIpc) is 2.38. The van der Waals surface area contributed by atoms with E-state index < -0.39 is 5.82 Å². The van der Waals surface area contributed by atoms with E-state index in [4.69, 9.17) is 16.3 Å². The highest BCUT2D eigenvalue weighted by molar-refractivity contribution is 6.17. The van der Waals surface area contributed by atoms with Crippen LogP contribution in [0.3, 0.4) is 0 Å². The van der Waals surface area contributed by atoms with E-state index in [1.54, 1.807) is 24.5 Å². The number of halogens is 2. The van der Waals surface area contributed by atoms with Gasteiger partial charge in [0.15, 0.2) is 11.6 Å². The van der Waals surface area contributed by atoms with Crippen molar-refractivity contribution in [1.82, 2.24) is 4.98 Å². The summed E-state index contributed by atoms with van der Waals surface area (Å²) in [6, 6.07) is 8.40. The summed E-state index contributed by atoms with van der Waals surface area (Å²) in [4.78, 5) is 3.96. The Labute approximate surface area is 104 Å². The van der Waals surface area contributed by atoms with Crippen molar-refractivity contribution in [2.24, 2.45) is 0 Å². The van der Waals surface area contributed by atoms with Crippen molar-refractivity contribution < 1.29 is 9.13 Å². The molecule has 17 heavy (non-hydrogen) atoms. The van der Waals surface area contributed by atoms with Gasteiger partial charge in [0.25, 0.3) is 0 Å². The summed E-state index contributed by atoms with van der Waals surface area (Å²) in [7, 11) is 0. The van der Waals surface area contributed by atoms with E-state index in [1.165, 1.54) is 6.07 Å². The Kier molecular flexibility index (Phi) is 3.94. The molecule has 2 aromatic rings. The van der Waals surface area contributed by atoms with Crippen LogP contribution in [0.1, 0.15) is 11.1 Å². The molecule has 1 aromatic carbocycles. The summed E-state index contributed by atoms with van der Waals surface area (Å²) in [5.74, 6) is 0.120. The van der Waals surface area contributed by atoms with Gasteiger partial charge in [0.1, 0.15) is 6.61 Å².